The molecule has 0 spiro atoms. The van der Waals surface area contributed by atoms with E-state index < -0.39 is 0 Å². The number of hydrogen-bond donors (Lipinski definition) is 1. The van der Waals surface area contributed by atoms with E-state index in [0.717, 1.165) is 30.1 Å². The molecule has 0 atom stereocenters. The molecule has 19 heavy (non-hydrogen) atoms. The van der Waals surface area contributed by atoms with Gasteiger partial charge in [0, 0.05) is 29.7 Å². The van der Waals surface area contributed by atoms with Crippen molar-refractivity contribution >= 4 is 10.9 Å². The Morgan fingerprint density at radius 2 is 2.16 bits per heavy atom. The molecule has 0 amide bonds. The van der Waals surface area contributed by atoms with Crippen molar-refractivity contribution in [1.29, 1.82) is 5.26 Å². The Bertz CT molecular complexity index is 602. The van der Waals surface area contributed by atoms with Gasteiger partial charge in [0.1, 0.15) is 0 Å². The van der Waals surface area contributed by atoms with E-state index in [1.54, 1.807) is 0 Å². The van der Waals surface area contributed by atoms with Crippen LogP contribution in [0.4, 0.5) is 0 Å². The van der Waals surface area contributed by atoms with Gasteiger partial charge < -0.3 is 9.88 Å². The zero-order valence-electron chi connectivity index (χ0n) is 11.1. The van der Waals surface area contributed by atoms with Crippen LogP contribution in [0.2, 0.25) is 0 Å². The first kappa shape index (κ1) is 12.3. The molecule has 1 saturated carbocycles. The van der Waals surface area contributed by atoms with Gasteiger partial charge in [0.2, 0.25) is 0 Å². The van der Waals surface area contributed by atoms with Crippen LogP contribution in [-0.4, -0.2) is 17.2 Å². The van der Waals surface area contributed by atoms with E-state index in [0.29, 0.717) is 0 Å². The Labute approximate surface area is 113 Å². The fourth-order valence-corrected chi connectivity index (χ4v) is 2.52. The Morgan fingerprint density at radius 3 is 2.95 bits per heavy atom. The number of fused-ring (bicyclic) bond motifs is 1. The van der Waals surface area contributed by atoms with Crippen molar-refractivity contribution in [3.8, 4) is 6.07 Å². The molecule has 0 unspecified atom stereocenters. The van der Waals surface area contributed by atoms with Crippen LogP contribution in [0.3, 0.4) is 0 Å². The van der Waals surface area contributed by atoms with Crippen molar-refractivity contribution in [2.45, 2.75) is 38.3 Å². The number of nitriles is 1. The molecule has 0 aliphatic heterocycles. The minimum atomic E-state index is 0.770. The Balaban J connectivity index is 1.59. The molecule has 98 valence electrons. The monoisotopic (exact) mass is 253 g/mol. The van der Waals surface area contributed by atoms with Crippen molar-refractivity contribution < 1.29 is 0 Å². The predicted octanol–water partition coefficient (Wildman–Crippen LogP) is 3.05. The average Bonchev–Trinajstić information content (AvgIpc) is 3.17. The van der Waals surface area contributed by atoms with Crippen LogP contribution in [-0.2, 0) is 6.54 Å². The van der Waals surface area contributed by atoms with E-state index in [1.807, 2.05) is 12.1 Å². The number of hydrogen-bond acceptors (Lipinski definition) is 2. The lowest BCUT2D eigenvalue weighted by atomic mass is 10.1. The molecule has 1 N–H and O–H groups in total. The summed E-state index contributed by atoms with van der Waals surface area (Å²) < 4.78 is 2.26. The molecular weight excluding hydrogens is 234 g/mol. The van der Waals surface area contributed by atoms with Crippen molar-refractivity contribution in [3.05, 3.63) is 36.0 Å². The number of benzene rings is 1. The molecule has 0 saturated heterocycles. The molecule has 1 aliphatic carbocycles. The van der Waals surface area contributed by atoms with Gasteiger partial charge in [0.15, 0.2) is 0 Å². The van der Waals surface area contributed by atoms with Gasteiger partial charge in [-0.25, -0.2) is 0 Å². The smallest absolute Gasteiger partial charge is 0.0998 e. The van der Waals surface area contributed by atoms with Crippen LogP contribution in [0, 0.1) is 11.3 Å². The topological polar surface area (TPSA) is 40.8 Å². The van der Waals surface area contributed by atoms with Crippen LogP contribution in [0.15, 0.2) is 30.5 Å². The summed E-state index contributed by atoms with van der Waals surface area (Å²) in [7, 11) is 0. The maximum atomic E-state index is 9.08. The van der Waals surface area contributed by atoms with Crippen LogP contribution in [0.1, 0.15) is 31.2 Å². The van der Waals surface area contributed by atoms with Gasteiger partial charge in [-0.15, -0.1) is 0 Å². The molecule has 0 bridgehead atoms. The Hall–Kier alpha value is -1.79. The maximum absolute atomic E-state index is 9.08. The second-order valence-corrected chi connectivity index (χ2v) is 5.29. The van der Waals surface area contributed by atoms with Crippen LogP contribution in [0.25, 0.3) is 10.9 Å². The number of rotatable bonds is 6. The summed E-state index contributed by atoms with van der Waals surface area (Å²) in [6.45, 7) is 2.16. The summed E-state index contributed by atoms with van der Waals surface area (Å²) in [4.78, 5) is 0. The third-order valence-corrected chi connectivity index (χ3v) is 3.77. The standard InChI is InChI=1S/C16H19N3/c17-12-13-4-3-5-16-15(13)8-11-19(16)10-2-1-9-18-14-6-7-14/h3-5,8,11,14,18H,1-2,6-7,9-10H2. The molecule has 1 aromatic heterocycles. The SMILES string of the molecule is N#Cc1cccc2c1ccn2CCCCNC1CC1. The van der Waals surface area contributed by atoms with Gasteiger partial charge in [-0.2, -0.15) is 5.26 Å². The number of nitrogens with one attached hydrogen (secondary N) is 1. The minimum Gasteiger partial charge on any atom is -0.347 e. The first-order chi connectivity index (χ1) is 9.38. The van der Waals surface area contributed by atoms with Crippen LogP contribution >= 0.6 is 0 Å². The molecule has 1 aromatic carbocycles. The fraction of sp³-hybridized carbons (Fsp3) is 0.438. The van der Waals surface area contributed by atoms with Crippen LogP contribution in [0.5, 0.6) is 0 Å². The van der Waals surface area contributed by atoms with E-state index in [-0.39, 0.29) is 0 Å². The van der Waals surface area contributed by atoms with E-state index in [4.69, 9.17) is 5.26 Å². The molecule has 1 heterocycles. The number of nitrogens with zero attached hydrogens (tertiary/aromatic N) is 2. The molecule has 3 nitrogen and oxygen atoms in total. The lowest BCUT2D eigenvalue weighted by molar-refractivity contribution is 0.575. The number of aryl methyl sites for hydroxylation is 1. The fourth-order valence-electron chi connectivity index (χ4n) is 2.52. The zero-order valence-corrected chi connectivity index (χ0v) is 11.1. The molecule has 1 aliphatic rings. The van der Waals surface area contributed by atoms with Crippen molar-refractivity contribution in [2.24, 2.45) is 0 Å². The first-order valence-electron chi connectivity index (χ1n) is 7.10. The van der Waals surface area contributed by atoms with E-state index in [9.17, 15) is 0 Å². The summed E-state index contributed by atoms with van der Waals surface area (Å²) >= 11 is 0. The van der Waals surface area contributed by atoms with Gasteiger partial charge in [-0.05, 0) is 50.4 Å². The normalized spacial score (nSPS) is 14.7. The van der Waals surface area contributed by atoms with Gasteiger partial charge >= 0.3 is 0 Å². The zero-order chi connectivity index (χ0) is 13.1. The molecule has 3 rings (SSSR count). The van der Waals surface area contributed by atoms with Crippen molar-refractivity contribution in [3.63, 3.8) is 0 Å². The van der Waals surface area contributed by atoms with Gasteiger partial charge in [0.05, 0.1) is 11.6 Å². The Morgan fingerprint density at radius 1 is 1.26 bits per heavy atom. The largest absolute Gasteiger partial charge is 0.347 e. The highest BCUT2D eigenvalue weighted by Crippen LogP contribution is 2.20. The van der Waals surface area contributed by atoms with E-state index >= 15 is 0 Å². The molecular formula is C16H19N3. The number of unbranched alkanes of at least 4 members (excludes halogenated alkanes) is 1. The van der Waals surface area contributed by atoms with Crippen molar-refractivity contribution in [1.82, 2.24) is 9.88 Å². The molecule has 1 fully saturated rings. The lowest BCUT2D eigenvalue weighted by Crippen LogP contribution is -2.17. The summed E-state index contributed by atoms with van der Waals surface area (Å²) in [5, 5.41) is 13.7. The third kappa shape index (κ3) is 2.80. The molecule has 2 aromatic rings. The Kier molecular flexibility index (Phi) is 3.52. The quantitative estimate of drug-likeness (QED) is 0.804. The molecule has 3 heteroatoms. The van der Waals surface area contributed by atoms with Gasteiger partial charge in [0.25, 0.3) is 0 Å². The predicted molar refractivity (Wildman–Crippen MR) is 76.9 cm³/mol. The second kappa shape index (κ2) is 5.46. The van der Waals surface area contributed by atoms with Gasteiger partial charge in [-0.3, -0.25) is 0 Å². The third-order valence-electron chi connectivity index (χ3n) is 3.77. The first-order valence-corrected chi connectivity index (χ1v) is 7.10. The summed E-state index contributed by atoms with van der Waals surface area (Å²) in [6.07, 6.45) is 7.21. The van der Waals surface area contributed by atoms with E-state index in [1.165, 1.54) is 31.2 Å². The second-order valence-electron chi connectivity index (χ2n) is 5.29. The van der Waals surface area contributed by atoms with E-state index in [2.05, 4.69) is 34.3 Å². The number of aromatic nitrogens is 1. The molecule has 0 radical (unpaired) electrons. The highest BCUT2D eigenvalue weighted by atomic mass is 15.0. The summed E-state index contributed by atoms with van der Waals surface area (Å²) in [5.41, 5.74) is 1.95. The summed E-state index contributed by atoms with van der Waals surface area (Å²) in [6, 6.07) is 11.1. The maximum Gasteiger partial charge on any atom is 0.0998 e. The lowest BCUT2D eigenvalue weighted by Gasteiger charge is -2.06. The summed E-state index contributed by atoms with van der Waals surface area (Å²) in [5.74, 6) is 0. The minimum absolute atomic E-state index is 0.770. The highest BCUT2D eigenvalue weighted by molar-refractivity contribution is 5.85. The highest BCUT2D eigenvalue weighted by Gasteiger charge is 2.19. The van der Waals surface area contributed by atoms with Crippen LogP contribution < -0.4 is 5.32 Å². The van der Waals surface area contributed by atoms with Gasteiger partial charge in [-0.1, -0.05) is 6.07 Å². The van der Waals surface area contributed by atoms with Crippen molar-refractivity contribution in [2.75, 3.05) is 6.54 Å². The average molecular weight is 253 g/mol.